The molecule has 0 spiro atoms. The van der Waals surface area contributed by atoms with Crippen LogP contribution in [0.3, 0.4) is 0 Å². The molecular weight excluding hydrogens is 368 g/mol. The van der Waals surface area contributed by atoms with E-state index in [1.54, 1.807) is 62.4 Å². The minimum atomic E-state index is -1.52. The standard InChI is InChI=1S/C23H28N2O4/c1-5-23(22(28)29,18-9-7-6-8-10-18)25-21(27)17-11-12-19(16(4)14-17)24-20(26)13-15(2)3/h6-12,14-15H,5,13H2,1-4H3,(H,24,26)(H,25,27)(H,28,29). The summed E-state index contributed by atoms with van der Waals surface area (Å²) in [6, 6.07) is 13.6. The Morgan fingerprint density at radius 3 is 2.24 bits per heavy atom. The minimum absolute atomic E-state index is 0.0831. The average molecular weight is 396 g/mol. The van der Waals surface area contributed by atoms with Crippen molar-refractivity contribution >= 4 is 23.5 Å². The number of carbonyl (C=O) groups is 3. The van der Waals surface area contributed by atoms with Crippen LogP contribution < -0.4 is 10.6 Å². The van der Waals surface area contributed by atoms with Gasteiger partial charge in [0, 0.05) is 17.7 Å². The lowest BCUT2D eigenvalue weighted by molar-refractivity contribution is -0.145. The molecule has 0 bridgehead atoms. The molecule has 0 aliphatic carbocycles. The van der Waals surface area contributed by atoms with Gasteiger partial charge in [0.15, 0.2) is 5.54 Å². The summed E-state index contributed by atoms with van der Waals surface area (Å²) in [6.07, 6.45) is 0.608. The predicted molar refractivity (Wildman–Crippen MR) is 113 cm³/mol. The van der Waals surface area contributed by atoms with Gasteiger partial charge in [-0.05, 0) is 48.6 Å². The normalized spacial score (nSPS) is 12.9. The van der Waals surface area contributed by atoms with E-state index >= 15 is 0 Å². The minimum Gasteiger partial charge on any atom is -0.479 e. The molecule has 3 N–H and O–H groups in total. The molecular formula is C23H28N2O4. The Labute approximate surface area is 171 Å². The van der Waals surface area contributed by atoms with Crippen LogP contribution in [0.2, 0.25) is 0 Å². The van der Waals surface area contributed by atoms with Crippen molar-refractivity contribution in [3.8, 4) is 0 Å². The van der Waals surface area contributed by atoms with Crippen molar-refractivity contribution in [2.45, 2.75) is 46.1 Å². The van der Waals surface area contributed by atoms with Crippen LogP contribution in [0.25, 0.3) is 0 Å². The molecule has 2 amide bonds. The van der Waals surface area contributed by atoms with Crippen LogP contribution in [0, 0.1) is 12.8 Å². The average Bonchev–Trinajstić information content (AvgIpc) is 2.67. The zero-order valence-corrected chi connectivity index (χ0v) is 17.3. The number of benzene rings is 2. The number of aliphatic carboxylic acids is 1. The third kappa shape index (κ3) is 5.22. The van der Waals surface area contributed by atoms with E-state index in [4.69, 9.17) is 0 Å². The van der Waals surface area contributed by atoms with Gasteiger partial charge < -0.3 is 15.7 Å². The fourth-order valence-corrected chi connectivity index (χ4v) is 3.20. The van der Waals surface area contributed by atoms with Gasteiger partial charge in [-0.1, -0.05) is 51.1 Å². The monoisotopic (exact) mass is 396 g/mol. The number of amides is 2. The first-order valence-electron chi connectivity index (χ1n) is 9.71. The van der Waals surface area contributed by atoms with Crippen molar-refractivity contribution in [2.24, 2.45) is 5.92 Å². The Hall–Kier alpha value is -3.15. The molecule has 6 nitrogen and oxygen atoms in total. The largest absolute Gasteiger partial charge is 0.479 e. The number of carboxylic acid groups (broad SMARTS) is 1. The second-order valence-corrected chi connectivity index (χ2v) is 7.56. The van der Waals surface area contributed by atoms with E-state index in [1.807, 2.05) is 13.8 Å². The Morgan fingerprint density at radius 2 is 1.72 bits per heavy atom. The van der Waals surface area contributed by atoms with Gasteiger partial charge in [-0.2, -0.15) is 0 Å². The van der Waals surface area contributed by atoms with E-state index in [2.05, 4.69) is 10.6 Å². The quantitative estimate of drug-likeness (QED) is 0.626. The Morgan fingerprint density at radius 1 is 1.07 bits per heavy atom. The van der Waals surface area contributed by atoms with E-state index in [1.165, 1.54) is 0 Å². The fraction of sp³-hybridized carbons (Fsp3) is 0.348. The van der Waals surface area contributed by atoms with E-state index in [-0.39, 0.29) is 18.2 Å². The molecule has 1 atom stereocenters. The number of rotatable bonds is 8. The van der Waals surface area contributed by atoms with Crippen molar-refractivity contribution in [2.75, 3.05) is 5.32 Å². The molecule has 0 saturated heterocycles. The molecule has 154 valence electrons. The van der Waals surface area contributed by atoms with Crippen LogP contribution in [0.15, 0.2) is 48.5 Å². The van der Waals surface area contributed by atoms with Crippen molar-refractivity contribution in [1.82, 2.24) is 5.32 Å². The molecule has 0 aromatic heterocycles. The Balaban J connectivity index is 2.26. The molecule has 29 heavy (non-hydrogen) atoms. The van der Waals surface area contributed by atoms with Crippen molar-refractivity contribution in [3.05, 3.63) is 65.2 Å². The highest BCUT2D eigenvalue weighted by atomic mass is 16.4. The zero-order chi connectivity index (χ0) is 21.6. The van der Waals surface area contributed by atoms with E-state index < -0.39 is 17.4 Å². The Kier molecular flexibility index (Phi) is 7.15. The molecule has 0 fully saturated rings. The van der Waals surface area contributed by atoms with Gasteiger partial charge in [0.2, 0.25) is 5.91 Å². The summed E-state index contributed by atoms with van der Waals surface area (Å²) in [7, 11) is 0. The van der Waals surface area contributed by atoms with Crippen LogP contribution in [-0.4, -0.2) is 22.9 Å². The first-order valence-corrected chi connectivity index (χ1v) is 9.71. The summed E-state index contributed by atoms with van der Waals surface area (Å²) in [5, 5.41) is 15.4. The summed E-state index contributed by atoms with van der Waals surface area (Å²) in [6.45, 7) is 7.45. The summed E-state index contributed by atoms with van der Waals surface area (Å²) in [5.74, 6) is -1.44. The number of carbonyl (C=O) groups excluding carboxylic acids is 2. The first kappa shape index (κ1) is 22.1. The third-order valence-corrected chi connectivity index (χ3v) is 4.85. The lowest BCUT2D eigenvalue weighted by Gasteiger charge is -2.30. The predicted octanol–water partition coefficient (Wildman–Crippen LogP) is 4.10. The summed E-state index contributed by atoms with van der Waals surface area (Å²) >= 11 is 0. The van der Waals surface area contributed by atoms with Crippen LogP contribution in [0.5, 0.6) is 0 Å². The highest BCUT2D eigenvalue weighted by Gasteiger charge is 2.40. The lowest BCUT2D eigenvalue weighted by atomic mass is 9.86. The van der Waals surface area contributed by atoms with Gasteiger partial charge in [0.1, 0.15) is 0 Å². The SMILES string of the molecule is CCC(NC(=O)c1ccc(NC(=O)CC(C)C)c(C)c1)(C(=O)O)c1ccccc1. The van der Waals surface area contributed by atoms with Gasteiger partial charge in [0.25, 0.3) is 5.91 Å². The first-order chi connectivity index (χ1) is 13.7. The van der Waals surface area contributed by atoms with Crippen LogP contribution in [0.4, 0.5) is 5.69 Å². The number of anilines is 1. The van der Waals surface area contributed by atoms with Crippen molar-refractivity contribution in [1.29, 1.82) is 0 Å². The van der Waals surface area contributed by atoms with Crippen LogP contribution in [0.1, 0.15) is 55.1 Å². The number of hydrogen-bond acceptors (Lipinski definition) is 3. The van der Waals surface area contributed by atoms with E-state index in [0.717, 1.165) is 5.56 Å². The molecule has 0 aliphatic rings. The number of hydrogen-bond donors (Lipinski definition) is 3. The van der Waals surface area contributed by atoms with Crippen LogP contribution >= 0.6 is 0 Å². The fourth-order valence-electron chi connectivity index (χ4n) is 3.20. The summed E-state index contributed by atoms with van der Waals surface area (Å²) < 4.78 is 0. The van der Waals surface area contributed by atoms with Crippen molar-refractivity contribution in [3.63, 3.8) is 0 Å². The van der Waals surface area contributed by atoms with Gasteiger partial charge in [-0.3, -0.25) is 9.59 Å². The van der Waals surface area contributed by atoms with Gasteiger partial charge in [-0.25, -0.2) is 4.79 Å². The summed E-state index contributed by atoms with van der Waals surface area (Å²) in [5.41, 5.74) is 0.690. The topological polar surface area (TPSA) is 95.5 Å². The molecule has 0 radical (unpaired) electrons. The molecule has 2 aromatic carbocycles. The van der Waals surface area contributed by atoms with E-state index in [0.29, 0.717) is 23.2 Å². The Bertz CT molecular complexity index is 893. The molecule has 0 saturated carbocycles. The number of carboxylic acids is 1. The molecule has 2 rings (SSSR count). The highest BCUT2D eigenvalue weighted by molar-refractivity contribution is 5.99. The number of nitrogens with one attached hydrogen (secondary N) is 2. The smallest absolute Gasteiger partial charge is 0.334 e. The van der Waals surface area contributed by atoms with Crippen molar-refractivity contribution < 1.29 is 19.5 Å². The third-order valence-electron chi connectivity index (χ3n) is 4.85. The van der Waals surface area contributed by atoms with Gasteiger partial charge in [0.05, 0.1) is 0 Å². The second-order valence-electron chi connectivity index (χ2n) is 7.56. The molecule has 1 unspecified atom stereocenters. The maximum atomic E-state index is 12.9. The van der Waals surface area contributed by atoms with Gasteiger partial charge >= 0.3 is 5.97 Å². The molecule has 2 aromatic rings. The lowest BCUT2D eigenvalue weighted by Crippen LogP contribution is -2.51. The van der Waals surface area contributed by atoms with Gasteiger partial charge in [-0.15, -0.1) is 0 Å². The maximum absolute atomic E-state index is 12.9. The molecule has 0 aliphatic heterocycles. The van der Waals surface area contributed by atoms with E-state index in [9.17, 15) is 19.5 Å². The summed E-state index contributed by atoms with van der Waals surface area (Å²) in [4.78, 5) is 37.0. The van der Waals surface area contributed by atoms with Crippen LogP contribution in [-0.2, 0) is 15.1 Å². The maximum Gasteiger partial charge on any atom is 0.334 e. The molecule has 6 heteroatoms. The molecule has 0 heterocycles. The number of aryl methyl sites for hydroxylation is 1. The second kappa shape index (κ2) is 9.37. The highest BCUT2D eigenvalue weighted by Crippen LogP contribution is 2.27. The zero-order valence-electron chi connectivity index (χ0n) is 17.3.